The van der Waals surface area contributed by atoms with Crippen LogP contribution in [0.5, 0.6) is 0 Å². The lowest BCUT2D eigenvalue weighted by atomic mass is 10.1. The van der Waals surface area contributed by atoms with Crippen molar-refractivity contribution in [3.8, 4) is 0 Å². The van der Waals surface area contributed by atoms with E-state index in [9.17, 15) is 8.42 Å². The SMILES string of the molecule is O=S(=O)(NC1Cc2ccccc2C1)c1ccc(N2CCNCC2)cc1. The van der Waals surface area contributed by atoms with Crippen LogP contribution in [0.4, 0.5) is 5.69 Å². The molecule has 0 atom stereocenters. The maximum atomic E-state index is 12.7. The summed E-state index contributed by atoms with van der Waals surface area (Å²) >= 11 is 0. The lowest BCUT2D eigenvalue weighted by Crippen LogP contribution is -2.43. The summed E-state index contributed by atoms with van der Waals surface area (Å²) in [6.45, 7) is 3.82. The average Bonchev–Trinajstić information content (AvgIpc) is 3.04. The topological polar surface area (TPSA) is 61.4 Å². The van der Waals surface area contributed by atoms with Gasteiger partial charge in [0.1, 0.15) is 0 Å². The van der Waals surface area contributed by atoms with E-state index in [0.717, 1.165) is 44.7 Å². The Morgan fingerprint density at radius 1 is 0.920 bits per heavy atom. The fraction of sp³-hybridized carbons (Fsp3) is 0.368. The van der Waals surface area contributed by atoms with Crippen molar-refractivity contribution < 1.29 is 8.42 Å². The normalized spacial score (nSPS) is 18.3. The highest BCUT2D eigenvalue weighted by molar-refractivity contribution is 7.89. The van der Waals surface area contributed by atoms with Crippen LogP contribution in [0, 0.1) is 0 Å². The number of rotatable bonds is 4. The number of benzene rings is 2. The molecule has 4 rings (SSSR count). The van der Waals surface area contributed by atoms with E-state index in [2.05, 4.69) is 27.1 Å². The van der Waals surface area contributed by atoms with Crippen LogP contribution < -0.4 is 14.9 Å². The molecule has 0 amide bonds. The molecule has 132 valence electrons. The number of anilines is 1. The first-order valence-corrected chi connectivity index (χ1v) is 10.2. The van der Waals surface area contributed by atoms with Crippen molar-refractivity contribution in [1.29, 1.82) is 0 Å². The number of sulfonamides is 1. The second-order valence-electron chi connectivity index (χ2n) is 6.73. The van der Waals surface area contributed by atoms with Gasteiger partial charge in [-0.05, 0) is 48.2 Å². The van der Waals surface area contributed by atoms with Crippen LogP contribution in [-0.2, 0) is 22.9 Å². The van der Waals surface area contributed by atoms with Gasteiger partial charge in [-0.15, -0.1) is 0 Å². The highest BCUT2D eigenvalue weighted by Crippen LogP contribution is 2.24. The molecular weight excluding hydrogens is 334 g/mol. The third kappa shape index (κ3) is 3.56. The van der Waals surface area contributed by atoms with Gasteiger partial charge in [-0.3, -0.25) is 0 Å². The monoisotopic (exact) mass is 357 g/mol. The first kappa shape index (κ1) is 16.6. The van der Waals surface area contributed by atoms with Gasteiger partial charge in [0.2, 0.25) is 10.0 Å². The van der Waals surface area contributed by atoms with Gasteiger partial charge in [0.05, 0.1) is 4.90 Å². The van der Waals surface area contributed by atoms with Gasteiger partial charge in [-0.1, -0.05) is 24.3 Å². The molecule has 0 unspecified atom stereocenters. The van der Waals surface area contributed by atoms with E-state index in [4.69, 9.17) is 0 Å². The van der Waals surface area contributed by atoms with Gasteiger partial charge < -0.3 is 10.2 Å². The lowest BCUT2D eigenvalue weighted by Gasteiger charge is -2.29. The zero-order valence-corrected chi connectivity index (χ0v) is 14.9. The molecule has 1 heterocycles. The van der Waals surface area contributed by atoms with E-state index in [1.54, 1.807) is 12.1 Å². The Balaban J connectivity index is 1.45. The molecular formula is C19H23N3O2S. The maximum absolute atomic E-state index is 12.7. The molecule has 25 heavy (non-hydrogen) atoms. The van der Waals surface area contributed by atoms with Gasteiger partial charge in [-0.2, -0.15) is 0 Å². The lowest BCUT2D eigenvalue weighted by molar-refractivity contribution is 0.555. The minimum Gasteiger partial charge on any atom is -0.369 e. The minimum absolute atomic E-state index is 0.0600. The third-order valence-electron chi connectivity index (χ3n) is 5.00. The first-order valence-electron chi connectivity index (χ1n) is 8.77. The quantitative estimate of drug-likeness (QED) is 0.871. The van der Waals surface area contributed by atoms with Gasteiger partial charge in [0.15, 0.2) is 0 Å². The summed E-state index contributed by atoms with van der Waals surface area (Å²) < 4.78 is 28.3. The number of piperazine rings is 1. The smallest absolute Gasteiger partial charge is 0.240 e. The molecule has 1 fully saturated rings. The molecule has 0 bridgehead atoms. The van der Waals surface area contributed by atoms with Crippen molar-refractivity contribution in [3.05, 3.63) is 59.7 Å². The van der Waals surface area contributed by atoms with Crippen molar-refractivity contribution in [2.24, 2.45) is 0 Å². The molecule has 2 aliphatic rings. The van der Waals surface area contributed by atoms with E-state index in [1.165, 1.54) is 11.1 Å². The number of nitrogens with zero attached hydrogens (tertiary/aromatic N) is 1. The van der Waals surface area contributed by atoms with E-state index in [1.807, 2.05) is 24.3 Å². The van der Waals surface area contributed by atoms with Crippen LogP contribution in [0.1, 0.15) is 11.1 Å². The number of hydrogen-bond donors (Lipinski definition) is 2. The summed E-state index contributed by atoms with van der Waals surface area (Å²) in [5.41, 5.74) is 3.56. The van der Waals surface area contributed by atoms with E-state index < -0.39 is 10.0 Å². The molecule has 2 aromatic rings. The number of hydrogen-bond acceptors (Lipinski definition) is 4. The van der Waals surface area contributed by atoms with E-state index >= 15 is 0 Å². The van der Waals surface area contributed by atoms with Crippen LogP contribution in [-0.4, -0.2) is 40.6 Å². The fourth-order valence-electron chi connectivity index (χ4n) is 3.69. The molecule has 0 saturated carbocycles. The van der Waals surface area contributed by atoms with Crippen LogP contribution >= 0.6 is 0 Å². The standard InChI is InChI=1S/C19H23N3O2S/c23-25(24,21-17-13-15-3-1-2-4-16(15)14-17)19-7-5-18(6-8-19)22-11-9-20-10-12-22/h1-8,17,20-21H,9-14H2. The highest BCUT2D eigenvalue weighted by Gasteiger charge is 2.26. The highest BCUT2D eigenvalue weighted by atomic mass is 32.2. The first-order chi connectivity index (χ1) is 12.1. The van der Waals surface area contributed by atoms with Crippen LogP contribution in [0.15, 0.2) is 53.4 Å². The maximum Gasteiger partial charge on any atom is 0.240 e. The Labute approximate surface area is 149 Å². The molecule has 0 spiro atoms. The average molecular weight is 357 g/mol. The zero-order chi connectivity index (χ0) is 17.3. The molecule has 0 aromatic heterocycles. The van der Waals surface area contributed by atoms with Crippen LogP contribution in [0.3, 0.4) is 0 Å². The summed E-state index contributed by atoms with van der Waals surface area (Å²) in [5.74, 6) is 0. The number of nitrogens with one attached hydrogen (secondary N) is 2. The van der Waals surface area contributed by atoms with Crippen molar-refractivity contribution >= 4 is 15.7 Å². The molecule has 5 nitrogen and oxygen atoms in total. The Hall–Kier alpha value is -1.89. The Morgan fingerprint density at radius 2 is 1.52 bits per heavy atom. The fourth-order valence-corrected chi connectivity index (χ4v) is 4.92. The molecule has 2 aromatic carbocycles. The van der Waals surface area contributed by atoms with E-state index in [0.29, 0.717) is 4.90 Å². The van der Waals surface area contributed by atoms with Crippen molar-refractivity contribution in [2.45, 2.75) is 23.8 Å². The summed E-state index contributed by atoms with van der Waals surface area (Å²) in [6.07, 6.45) is 1.52. The predicted molar refractivity (Wildman–Crippen MR) is 99.5 cm³/mol. The summed E-state index contributed by atoms with van der Waals surface area (Å²) in [6, 6.07) is 15.3. The molecule has 1 aliphatic carbocycles. The second-order valence-corrected chi connectivity index (χ2v) is 8.44. The number of fused-ring (bicyclic) bond motifs is 1. The van der Waals surface area contributed by atoms with Crippen LogP contribution in [0.2, 0.25) is 0 Å². The van der Waals surface area contributed by atoms with E-state index in [-0.39, 0.29) is 6.04 Å². The van der Waals surface area contributed by atoms with Gasteiger partial charge in [-0.25, -0.2) is 13.1 Å². The summed E-state index contributed by atoms with van der Waals surface area (Å²) in [4.78, 5) is 2.61. The zero-order valence-electron chi connectivity index (χ0n) is 14.1. The van der Waals surface area contributed by atoms with Crippen molar-refractivity contribution in [3.63, 3.8) is 0 Å². The van der Waals surface area contributed by atoms with Crippen molar-refractivity contribution in [1.82, 2.24) is 10.0 Å². The molecule has 1 saturated heterocycles. The van der Waals surface area contributed by atoms with Gasteiger partial charge >= 0.3 is 0 Å². The van der Waals surface area contributed by atoms with Crippen molar-refractivity contribution in [2.75, 3.05) is 31.1 Å². The minimum atomic E-state index is -3.49. The Bertz CT molecular complexity index is 818. The third-order valence-corrected chi connectivity index (χ3v) is 6.54. The molecule has 2 N–H and O–H groups in total. The Kier molecular flexibility index (Phi) is 4.50. The summed E-state index contributed by atoms with van der Waals surface area (Å²) in [7, 11) is -3.49. The Morgan fingerprint density at radius 3 is 2.12 bits per heavy atom. The summed E-state index contributed by atoms with van der Waals surface area (Å²) in [5, 5.41) is 3.32. The second kappa shape index (κ2) is 6.78. The predicted octanol–water partition coefficient (Wildman–Crippen LogP) is 1.54. The molecule has 0 radical (unpaired) electrons. The molecule has 6 heteroatoms. The van der Waals surface area contributed by atoms with Crippen LogP contribution in [0.25, 0.3) is 0 Å². The van der Waals surface area contributed by atoms with Gasteiger partial charge in [0, 0.05) is 37.9 Å². The largest absolute Gasteiger partial charge is 0.369 e. The van der Waals surface area contributed by atoms with Gasteiger partial charge in [0.25, 0.3) is 0 Å². The molecule has 1 aliphatic heterocycles.